The lowest BCUT2D eigenvalue weighted by Gasteiger charge is -2.27. The summed E-state index contributed by atoms with van der Waals surface area (Å²) in [5, 5.41) is 0. The number of alkyl halides is 6. The molecular formula is C7H9F6N. The van der Waals surface area contributed by atoms with Crippen LogP contribution in [0.3, 0.4) is 0 Å². The fourth-order valence-electron chi connectivity index (χ4n) is 1.000. The van der Waals surface area contributed by atoms with Crippen molar-refractivity contribution in [2.45, 2.75) is 24.8 Å². The fourth-order valence-corrected chi connectivity index (χ4v) is 1.000. The van der Waals surface area contributed by atoms with Crippen LogP contribution in [0.4, 0.5) is 26.3 Å². The molecule has 0 spiro atoms. The lowest BCUT2D eigenvalue weighted by atomic mass is 9.96. The standard InChI is InChI=1S/C7H9F6N/c1-2-3-4(14)5(6(8,9)10)7(11,12)13/h2,4-5H,1,3,14H2. The Morgan fingerprint density at radius 3 is 1.64 bits per heavy atom. The molecule has 0 fully saturated rings. The molecular weight excluding hydrogens is 212 g/mol. The number of hydrogen-bond donors (Lipinski definition) is 1. The lowest BCUT2D eigenvalue weighted by Crippen LogP contribution is -2.48. The molecule has 7 heteroatoms. The molecule has 0 aromatic carbocycles. The van der Waals surface area contributed by atoms with Crippen molar-refractivity contribution in [2.75, 3.05) is 0 Å². The molecule has 0 amide bonds. The zero-order valence-electron chi connectivity index (χ0n) is 6.99. The van der Waals surface area contributed by atoms with E-state index in [1.807, 2.05) is 0 Å². The van der Waals surface area contributed by atoms with Crippen molar-refractivity contribution in [3.63, 3.8) is 0 Å². The molecule has 1 unspecified atom stereocenters. The smallest absolute Gasteiger partial charge is 0.327 e. The van der Waals surface area contributed by atoms with Crippen LogP contribution in [0.2, 0.25) is 0 Å². The number of rotatable bonds is 3. The molecule has 0 saturated carbocycles. The molecule has 0 aromatic heterocycles. The Morgan fingerprint density at radius 2 is 1.43 bits per heavy atom. The molecule has 0 saturated heterocycles. The van der Waals surface area contributed by atoms with Crippen molar-refractivity contribution >= 4 is 0 Å². The van der Waals surface area contributed by atoms with Crippen LogP contribution in [0.5, 0.6) is 0 Å². The summed E-state index contributed by atoms with van der Waals surface area (Å²) in [4.78, 5) is 0. The van der Waals surface area contributed by atoms with Crippen LogP contribution in [0.1, 0.15) is 6.42 Å². The number of halogens is 6. The molecule has 2 N–H and O–H groups in total. The van der Waals surface area contributed by atoms with Crippen LogP contribution in [0.25, 0.3) is 0 Å². The Morgan fingerprint density at radius 1 is 1.07 bits per heavy atom. The van der Waals surface area contributed by atoms with Crippen molar-refractivity contribution in [1.82, 2.24) is 0 Å². The van der Waals surface area contributed by atoms with E-state index in [0.29, 0.717) is 0 Å². The largest absolute Gasteiger partial charge is 0.402 e. The van der Waals surface area contributed by atoms with Crippen LogP contribution in [-0.2, 0) is 0 Å². The van der Waals surface area contributed by atoms with E-state index in [9.17, 15) is 26.3 Å². The minimum Gasteiger partial charge on any atom is -0.327 e. The number of hydrogen-bond acceptors (Lipinski definition) is 1. The van der Waals surface area contributed by atoms with Crippen molar-refractivity contribution in [2.24, 2.45) is 11.7 Å². The first-order valence-electron chi connectivity index (χ1n) is 3.60. The molecule has 0 aliphatic rings. The predicted molar refractivity (Wildman–Crippen MR) is 38.4 cm³/mol. The van der Waals surface area contributed by atoms with Crippen LogP contribution >= 0.6 is 0 Å². The summed E-state index contributed by atoms with van der Waals surface area (Å²) in [7, 11) is 0. The third-order valence-corrected chi connectivity index (χ3v) is 1.57. The summed E-state index contributed by atoms with van der Waals surface area (Å²) < 4.78 is 71.7. The van der Waals surface area contributed by atoms with Crippen molar-refractivity contribution in [3.05, 3.63) is 12.7 Å². The normalized spacial score (nSPS) is 15.7. The molecule has 1 atom stereocenters. The zero-order chi connectivity index (χ0) is 11.6. The second kappa shape index (κ2) is 4.20. The van der Waals surface area contributed by atoms with Crippen LogP contribution < -0.4 is 5.73 Å². The summed E-state index contributed by atoms with van der Waals surface area (Å²) in [6, 6.07) is -2.03. The summed E-state index contributed by atoms with van der Waals surface area (Å²) in [6.45, 7) is 3.03. The third-order valence-electron chi connectivity index (χ3n) is 1.57. The molecule has 0 radical (unpaired) electrons. The quantitative estimate of drug-likeness (QED) is 0.575. The van der Waals surface area contributed by atoms with Crippen LogP contribution in [-0.4, -0.2) is 18.4 Å². The Bertz CT molecular complexity index is 179. The van der Waals surface area contributed by atoms with Crippen molar-refractivity contribution in [1.29, 1.82) is 0 Å². The van der Waals surface area contributed by atoms with Gasteiger partial charge in [-0.25, -0.2) is 0 Å². The maximum atomic E-state index is 12.0. The highest BCUT2D eigenvalue weighted by atomic mass is 19.4. The predicted octanol–water partition coefficient (Wildman–Crippen LogP) is 2.63. The van der Waals surface area contributed by atoms with Crippen LogP contribution in [0, 0.1) is 5.92 Å². The summed E-state index contributed by atoms with van der Waals surface area (Å²) >= 11 is 0. The van der Waals surface area contributed by atoms with E-state index in [1.54, 1.807) is 0 Å². The van der Waals surface area contributed by atoms with Gasteiger partial charge in [0.1, 0.15) is 0 Å². The Hall–Kier alpha value is -0.720. The third kappa shape index (κ3) is 3.57. The monoisotopic (exact) mass is 221 g/mol. The fraction of sp³-hybridized carbons (Fsp3) is 0.714. The van der Waals surface area contributed by atoms with Gasteiger partial charge in [0.05, 0.1) is 0 Å². The molecule has 0 heterocycles. The van der Waals surface area contributed by atoms with Gasteiger partial charge in [-0.2, -0.15) is 26.3 Å². The van der Waals surface area contributed by atoms with E-state index >= 15 is 0 Å². The first-order chi connectivity index (χ1) is 6.10. The second-order valence-corrected chi connectivity index (χ2v) is 2.75. The molecule has 14 heavy (non-hydrogen) atoms. The minimum atomic E-state index is -5.37. The van der Waals surface area contributed by atoms with Gasteiger partial charge in [0.25, 0.3) is 0 Å². The summed E-state index contributed by atoms with van der Waals surface area (Å²) in [5.41, 5.74) is 4.79. The Balaban J connectivity index is 4.83. The second-order valence-electron chi connectivity index (χ2n) is 2.75. The van der Waals surface area contributed by atoms with E-state index < -0.39 is 30.7 Å². The molecule has 0 rings (SSSR count). The van der Waals surface area contributed by atoms with Gasteiger partial charge in [-0.15, -0.1) is 6.58 Å². The first-order valence-corrected chi connectivity index (χ1v) is 3.60. The SMILES string of the molecule is C=CCC(N)C(C(F)(F)F)C(F)(F)F. The number of nitrogens with two attached hydrogens (primary N) is 1. The maximum absolute atomic E-state index is 12.0. The molecule has 1 nitrogen and oxygen atoms in total. The van der Waals surface area contributed by atoms with Crippen molar-refractivity contribution < 1.29 is 26.3 Å². The average Bonchev–Trinajstić information content (AvgIpc) is 1.78. The molecule has 0 aliphatic heterocycles. The van der Waals surface area contributed by atoms with Gasteiger partial charge in [0, 0.05) is 6.04 Å². The van der Waals surface area contributed by atoms with E-state index in [-0.39, 0.29) is 0 Å². The van der Waals surface area contributed by atoms with Gasteiger partial charge in [0.2, 0.25) is 0 Å². The van der Waals surface area contributed by atoms with E-state index in [1.165, 1.54) is 0 Å². The lowest BCUT2D eigenvalue weighted by molar-refractivity contribution is -0.289. The van der Waals surface area contributed by atoms with Crippen LogP contribution in [0.15, 0.2) is 12.7 Å². The van der Waals surface area contributed by atoms with Crippen molar-refractivity contribution in [3.8, 4) is 0 Å². The summed E-state index contributed by atoms with van der Waals surface area (Å²) in [6.07, 6.45) is -10.4. The zero-order valence-corrected chi connectivity index (χ0v) is 6.99. The maximum Gasteiger partial charge on any atom is 0.402 e. The van der Waals surface area contributed by atoms with Gasteiger partial charge in [0.15, 0.2) is 5.92 Å². The topological polar surface area (TPSA) is 26.0 Å². The summed E-state index contributed by atoms with van der Waals surface area (Å²) in [5.74, 6) is -3.49. The van der Waals surface area contributed by atoms with Gasteiger partial charge in [-0.3, -0.25) is 0 Å². The first kappa shape index (κ1) is 13.3. The molecule has 0 aliphatic carbocycles. The van der Waals surface area contributed by atoms with Gasteiger partial charge < -0.3 is 5.73 Å². The highest BCUT2D eigenvalue weighted by Gasteiger charge is 2.58. The highest BCUT2D eigenvalue weighted by molar-refractivity contribution is 4.88. The Labute approximate surface area is 76.6 Å². The minimum absolute atomic E-state index is 0.538. The average molecular weight is 221 g/mol. The Kier molecular flexibility index (Phi) is 3.99. The van der Waals surface area contributed by atoms with E-state index in [0.717, 1.165) is 6.08 Å². The highest BCUT2D eigenvalue weighted by Crippen LogP contribution is 2.41. The van der Waals surface area contributed by atoms with Gasteiger partial charge in [-0.05, 0) is 6.42 Å². The van der Waals surface area contributed by atoms with E-state index in [2.05, 4.69) is 6.58 Å². The molecule has 0 aromatic rings. The molecule has 0 bridgehead atoms. The van der Waals surface area contributed by atoms with E-state index in [4.69, 9.17) is 5.73 Å². The molecule has 84 valence electrons. The van der Waals surface area contributed by atoms with Gasteiger partial charge >= 0.3 is 12.4 Å². The van der Waals surface area contributed by atoms with Gasteiger partial charge in [-0.1, -0.05) is 6.08 Å².